The van der Waals surface area contributed by atoms with Gasteiger partial charge in [0.05, 0.1) is 7.11 Å². The van der Waals surface area contributed by atoms with E-state index in [0.29, 0.717) is 0 Å². The van der Waals surface area contributed by atoms with Crippen molar-refractivity contribution in [1.82, 2.24) is 0 Å². The molecule has 0 amide bonds. The molecule has 0 saturated carbocycles. The van der Waals surface area contributed by atoms with Crippen molar-refractivity contribution in [3.63, 3.8) is 0 Å². The second kappa shape index (κ2) is 5.00. The average Bonchev–Trinajstić information content (AvgIpc) is 2.36. The third kappa shape index (κ3) is 2.56. The summed E-state index contributed by atoms with van der Waals surface area (Å²) in [5, 5.41) is 3.35. The van der Waals surface area contributed by atoms with E-state index in [1.165, 1.54) is 0 Å². The van der Waals surface area contributed by atoms with E-state index in [1.54, 1.807) is 7.11 Å². The summed E-state index contributed by atoms with van der Waals surface area (Å²) < 4.78 is 5.23. The third-order valence-corrected chi connectivity index (χ3v) is 3.00. The summed E-state index contributed by atoms with van der Waals surface area (Å²) in [6.45, 7) is 4.05. The lowest BCUT2D eigenvalue weighted by atomic mass is 10.1. The maximum atomic E-state index is 5.90. The summed E-state index contributed by atoms with van der Waals surface area (Å²) in [4.78, 5) is 0. The van der Waals surface area contributed by atoms with Gasteiger partial charge in [-0.3, -0.25) is 0 Å². The second-order valence-electron chi connectivity index (χ2n) is 4.38. The molecule has 0 heterocycles. The molecule has 0 aliphatic rings. The lowest BCUT2D eigenvalue weighted by Crippen LogP contribution is -1.96. The minimum atomic E-state index is 0.792. The Morgan fingerprint density at radius 2 is 1.72 bits per heavy atom. The summed E-state index contributed by atoms with van der Waals surface area (Å²) >= 11 is 0. The largest absolute Gasteiger partial charge is 0.497 e. The first-order valence-electron chi connectivity index (χ1n) is 5.88. The highest BCUT2D eigenvalue weighted by Gasteiger charge is 2.02. The fourth-order valence-electron chi connectivity index (χ4n) is 1.74. The number of aryl methyl sites for hydroxylation is 2. The van der Waals surface area contributed by atoms with Crippen LogP contribution in [0, 0.1) is 13.8 Å². The lowest BCUT2D eigenvalue weighted by molar-refractivity contribution is 0.415. The quantitative estimate of drug-likeness (QED) is 0.808. The molecular weight excluding hydrogens is 224 g/mol. The Labute approximate surface area is 108 Å². The van der Waals surface area contributed by atoms with Gasteiger partial charge in [-0.25, -0.2) is 0 Å². The van der Waals surface area contributed by atoms with Crippen LogP contribution in [0.2, 0.25) is 0 Å². The summed E-state index contributed by atoms with van der Waals surface area (Å²) in [6.07, 6.45) is 0. The predicted molar refractivity (Wildman–Crippen MR) is 76.6 cm³/mol. The van der Waals surface area contributed by atoms with Crippen molar-refractivity contribution >= 4 is 17.1 Å². The first-order valence-corrected chi connectivity index (χ1v) is 5.88. The first-order chi connectivity index (χ1) is 8.60. The van der Waals surface area contributed by atoms with E-state index in [1.807, 2.05) is 43.3 Å². The molecule has 2 aromatic rings. The summed E-state index contributed by atoms with van der Waals surface area (Å²) in [7, 11) is 1.66. The molecule has 0 saturated heterocycles. The van der Waals surface area contributed by atoms with Crippen molar-refractivity contribution in [2.24, 2.45) is 0 Å². The van der Waals surface area contributed by atoms with Crippen LogP contribution in [-0.4, -0.2) is 7.11 Å². The number of ether oxygens (including phenoxy) is 1. The molecule has 94 valence electrons. The number of anilines is 3. The van der Waals surface area contributed by atoms with Crippen molar-refractivity contribution in [3.8, 4) is 5.75 Å². The predicted octanol–water partition coefficient (Wildman–Crippen LogP) is 3.64. The zero-order valence-corrected chi connectivity index (χ0v) is 10.9. The molecule has 0 aliphatic heterocycles. The van der Waals surface area contributed by atoms with Crippen LogP contribution >= 0.6 is 0 Å². The second-order valence-corrected chi connectivity index (χ2v) is 4.38. The molecule has 0 bridgehead atoms. The molecule has 0 unspecified atom stereocenters. The van der Waals surface area contributed by atoms with Gasteiger partial charge in [0.25, 0.3) is 0 Å². The fourth-order valence-corrected chi connectivity index (χ4v) is 1.74. The SMILES string of the molecule is COc1ccc(C)c(Nc2ccc(C)c(N)c2)c1. The molecule has 0 aliphatic carbocycles. The van der Waals surface area contributed by atoms with Crippen LogP contribution in [0.15, 0.2) is 36.4 Å². The molecule has 2 aromatic carbocycles. The molecule has 2 rings (SSSR count). The van der Waals surface area contributed by atoms with Gasteiger partial charge in [0, 0.05) is 23.1 Å². The van der Waals surface area contributed by atoms with Gasteiger partial charge in [-0.1, -0.05) is 12.1 Å². The van der Waals surface area contributed by atoms with Crippen LogP contribution in [0.5, 0.6) is 5.75 Å². The Hall–Kier alpha value is -2.16. The van der Waals surface area contributed by atoms with Gasteiger partial charge < -0.3 is 15.8 Å². The maximum absolute atomic E-state index is 5.90. The fraction of sp³-hybridized carbons (Fsp3) is 0.200. The van der Waals surface area contributed by atoms with Crippen LogP contribution in [0.3, 0.4) is 0 Å². The Balaban J connectivity index is 2.30. The van der Waals surface area contributed by atoms with Crippen LogP contribution in [-0.2, 0) is 0 Å². The van der Waals surface area contributed by atoms with E-state index >= 15 is 0 Å². The molecule has 0 fully saturated rings. The van der Waals surface area contributed by atoms with Crippen molar-refractivity contribution in [2.45, 2.75) is 13.8 Å². The van der Waals surface area contributed by atoms with Crippen LogP contribution in [0.25, 0.3) is 0 Å². The van der Waals surface area contributed by atoms with Crippen LogP contribution in [0.4, 0.5) is 17.1 Å². The van der Waals surface area contributed by atoms with Crippen molar-refractivity contribution in [2.75, 3.05) is 18.2 Å². The highest BCUT2D eigenvalue weighted by Crippen LogP contribution is 2.26. The van der Waals surface area contributed by atoms with E-state index < -0.39 is 0 Å². The molecule has 0 spiro atoms. The monoisotopic (exact) mass is 242 g/mol. The topological polar surface area (TPSA) is 47.3 Å². The van der Waals surface area contributed by atoms with Gasteiger partial charge in [-0.15, -0.1) is 0 Å². The Morgan fingerprint density at radius 3 is 2.39 bits per heavy atom. The number of benzene rings is 2. The number of rotatable bonds is 3. The van der Waals surface area contributed by atoms with Crippen molar-refractivity contribution in [3.05, 3.63) is 47.5 Å². The van der Waals surface area contributed by atoms with E-state index in [2.05, 4.69) is 12.2 Å². The summed E-state index contributed by atoms with van der Waals surface area (Å²) in [5.41, 5.74) is 11.0. The number of hydrogen-bond acceptors (Lipinski definition) is 3. The standard InChI is InChI=1S/C15H18N2O/c1-10-4-6-12(8-14(10)16)17-15-9-13(18-3)7-5-11(15)2/h4-9,17H,16H2,1-3H3. The minimum Gasteiger partial charge on any atom is -0.497 e. The van der Waals surface area contributed by atoms with Gasteiger partial charge in [-0.2, -0.15) is 0 Å². The van der Waals surface area contributed by atoms with E-state index in [9.17, 15) is 0 Å². The van der Waals surface area contributed by atoms with Crippen LogP contribution < -0.4 is 15.8 Å². The van der Waals surface area contributed by atoms with Crippen molar-refractivity contribution in [1.29, 1.82) is 0 Å². The molecule has 18 heavy (non-hydrogen) atoms. The Morgan fingerprint density at radius 1 is 1.00 bits per heavy atom. The van der Waals surface area contributed by atoms with Crippen LogP contribution in [0.1, 0.15) is 11.1 Å². The normalized spacial score (nSPS) is 10.2. The highest BCUT2D eigenvalue weighted by atomic mass is 16.5. The molecule has 3 nitrogen and oxygen atoms in total. The first kappa shape index (κ1) is 12.3. The highest BCUT2D eigenvalue weighted by molar-refractivity contribution is 5.68. The van der Waals surface area contributed by atoms with E-state index in [0.717, 1.165) is 33.9 Å². The number of methoxy groups -OCH3 is 1. The lowest BCUT2D eigenvalue weighted by Gasteiger charge is -2.12. The average molecular weight is 242 g/mol. The van der Waals surface area contributed by atoms with E-state index in [-0.39, 0.29) is 0 Å². The van der Waals surface area contributed by atoms with Gasteiger partial charge in [0.1, 0.15) is 5.75 Å². The Kier molecular flexibility index (Phi) is 3.42. The van der Waals surface area contributed by atoms with Crippen molar-refractivity contribution < 1.29 is 4.74 Å². The molecule has 3 N–H and O–H groups in total. The molecule has 0 atom stereocenters. The number of nitrogens with two attached hydrogens (primary N) is 1. The van der Waals surface area contributed by atoms with Gasteiger partial charge in [0.15, 0.2) is 0 Å². The number of nitrogens with one attached hydrogen (secondary N) is 1. The molecule has 3 heteroatoms. The number of hydrogen-bond donors (Lipinski definition) is 2. The smallest absolute Gasteiger partial charge is 0.120 e. The summed E-state index contributed by atoms with van der Waals surface area (Å²) in [5.74, 6) is 0.836. The van der Waals surface area contributed by atoms with Gasteiger partial charge >= 0.3 is 0 Å². The number of nitrogen functional groups attached to an aromatic ring is 1. The Bertz CT molecular complexity index is 564. The zero-order valence-electron chi connectivity index (χ0n) is 10.9. The minimum absolute atomic E-state index is 0.792. The van der Waals surface area contributed by atoms with E-state index in [4.69, 9.17) is 10.5 Å². The van der Waals surface area contributed by atoms with Gasteiger partial charge in [-0.05, 0) is 43.2 Å². The summed E-state index contributed by atoms with van der Waals surface area (Å²) in [6, 6.07) is 11.9. The molecular formula is C15H18N2O. The third-order valence-electron chi connectivity index (χ3n) is 3.00. The maximum Gasteiger partial charge on any atom is 0.120 e. The molecule has 0 radical (unpaired) electrons. The van der Waals surface area contributed by atoms with Gasteiger partial charge in [0.2, 0.25) is 0 Å². The zero-order chi connectivity index (χ0) is 13.1. The molecule has 0 aromatic heterocycles.